The van der Waals surface area contributed by atoms with E-state index in [-0.39, 0.29) is 11.7 Å². The molecule has 1 aliphatic heterocycles. The molecule has 0 spiro atoms. The van der Waals surface area contributed by atoms with Gasteiger partial charge in [-0.1, -0.05) is 23.7 Å². The molecule has 1 saturated heterocycles. The molecule has 0 radical (unpaired) electrons. The van der Waals surface area contributed by atoms with Crippen LogP contribution in [0.4, 0.5) is 11.4 Å². The maximum atomic E-state index is 11.0. The molecule has 1 fully saturated rings. The lowest BCUT2D eigenvalue weighted by atomic mass is 10.1. The van der Waals surface area contributed by atoms with Crippen molar-refractivity contribution in [2.24, 2.45) is 0 Å². The van der Waals surface area contributed by atoms with Gasteiger partial charge in [-0.3, -0.25) is 15.0 Å². The van der Waals surface area contributed by atoms with Crippen molar-refractivity contribution in [3.05, 3.63) is 44.5 Å². The van der Waals surface area contributed by atoms with E-state index in [0.29, 0.717) is 10.9 Å². The van der Waals surface area contributed by atoms with Crippen molar-refractivity contribution < 1.29 is 9.45 Å². The summed E-state index contributed by atoms with van der Waals surface area (Å²) in [6.45, 7) is 9.10. The van der Waals surface area contributed by atoms with Gasteiger partial charge in [0.1, 0.15) is 0 Å². The monoisotopic (exact) mass is 379 g/mol. The summed E-state index contributed by atoms with van der Waals surface area (Å²) >= 11 is 6.33. The standard InChI is InChI=1S/C17H22ClN5O3/c1-4-15-19-17(26-20-15)12(3)21-5-7-22(8-6-21)16-11(2)9-13(23(24)25)10-14(16)18/h9-10,12H,4-8H2,1-3H3. The number of non-ortho nitro benzene ring substituents is 1. The summed E-state index contributed by atoms with van der Waals surface area (Å²) in [7, 11) is 0. The molecule has 2 heterocycles. The molecule has 0 N–H and O–H groups in total. The Morgan fingerprint density at radius 2 is 2.04 bits per heavy atom. The summed E-state index contributed by atoms with van der Waals surface area (Å²) < 4.78 is 5.35. The van der Waals surface area contributed by atoms with E-state index in [9.17, 15) is 10.1 Å². The fourth-order valence-electron chi connectivity index (χ4n) is 3.29. The van der Waals surface area contributed by atoms with Crippen LogP contribution in [0.5, 0.6) is 0 Å². The SMILES string of the molecule is CCc1noc(C(C)N2CCN(c3c(C)cc([N+](=O)[O-])cc3Cl)CC2)n1. The molecule has 1 atom stereocenters. The predicted molar refractivity (Wildman–Crippen MR) is 98.7 cm³/mol. The highest BCUT2D eigenvalue weighted by molar-refractivity contribution is 6.33. The third kappa shape index (κ3) is 3.66. The van der Waals surface area contributed by atoms with Crippen molar-refractivity contribution in [3.63, 3.8) is 0 Å². The summed E-state index contributed by atoms with van der Waals surface area (Å²) in [6.07, 6.45) is 0.752. The number of aryl methyl sites for hydroxylation is 2. The van der Waals surface area contributed by atoms with Crippen LogP contribution in [0.2, 0.25) is 5.02 Å². The molecule has 1 aliphatic rings. The molecule has 1 unspecified atom stereocenters. The Bertz CT molecular complexity index is 778. The number of piperazine rings is 1. The van der Waals surface area contributed by atoms with Gasteiger partial charge in [0.15, 0.2) is 5.82 Å². The van der Waals surface area contributed by atoms with Crippen molar-refractivity contribution in [3.8, 4) is 0 Å². The van der Waals surface area contributed by atoms with Gasteiger partial charge in [0.05, 0.1) is 21.7 Å². The van der Waals surface area contributed by atoms with Crippen molar-refractivity contribution in [1.82, 2.24) is 15.0 Å². The number of hydrogen-bond acceptors (Lipinski definition) is 7. The minimum atomic E-state index is -0.419. The summed E-state index contributed by atoms with van der Waals surface area (Å²) in [6, 6.07) is 3.04. The van der Waals surface area contributed by atoms with Gasteiger partial charge in [-0.15, -0.1) is 0 Å². The first kappa shape index (κ1) is 18.6. The Labute approximate surface area is 156 Å². The van der Waals surface area contributed by atoms with E-state index >= 15 is 0 Å². The highest BCUT2D eigenvalue weighted by atomic mass is 35.5. The molecule has 1 aromatic heterocycles. The molecule has 26 heavy (non-hydrogen) atoms. The molecular weight excluding hydrogens is 358 g/mol. The number of anilines is 1. The van der Waals surface area contributed by atoms with Gasteiger partial charge in [-0.25, -0.2) is 0 Å². The van der Waals surface area contributed by atoms with Gasteiger partial charge in [-0.2, -0.15) is 4.98 Å². The molecule has 9 heteroatoms. The smallest absolute Gasteiger partial charge is 0.271 e. The average molecular weight is 380 g/mol. The molecular formula is C17H22ClN5O3. The lowest BCUT2D eigenvalue weighted by molar-refractivity contribution is -0.384. The van der Waals surface area contributed by atoms with E-state index in [4.69, 9.17) is 16.1 Å². The van der Waals surface area contributed by atoms with Gasteiger partial charge >= 0.3 is 0 Å². The second-order valence-electron chi connectivity index (χ2n) is 6.45. The molecule has 1 aromatic carbocycles. The van der Waals surface area contributed by atoms with Crippen LogP contribution in [0.3, 0.4) is 0 Å². The number of nitrogens with zero attached hydrogens (tertiary/aromatic N) is 5. The molecule has 8 nitrogen and oxygen atoms in total. The van der Waals surface area contributed by atoms with E-state index in [0.717, 1.165) is 49.7 Å². The normalized spacial score (nSPS) is 16.7. The topological polar surface area (TPSA) is 88.5 Å². The highest BCUT2D eigenvalue weighted by Crippen LogP contribution is 2.35. The van der Waals surface area contributed by atoms with Crippen molar-refractivity contribution in [1.29, 1.82) is 0 Å². The minimum Gasteiger partial charge on any atom is -0.368 e. The Morgan fingerprint density at radius 3 is 2.58 bits per heavy atom. The van der Waals surface area contributed by atoms with E-state index in [1.807, 2.05) is 13.8 Å². The summed E-state index contributed by atoms with van der Waals surface area (Å²) in [5.74, 6) is 1.36. The zero-order chi connectivity index (χ0) is 18.8. The van der Waals surface area contributed by atoms with E-state index < -0.39 is 4.92 Å². The Balaban J connectivity index is 1.69. The summed E-state index contributed by atoms with van der Waals surface area (Å²) in [4.78, 5) is 19.4. The third-order valence-corrected chi connectivity index (χ3v) is 5.07. The number of hydrogen-bond donors (Lipinski definition) is 0. The van der Waals surface area contributed by atoms with Crippen LogP contribution in [0.15, 0.2) is 16.7 Å². The largest absolute Gasteiger partial charge is 0.368 e. The fraction of sp³-hybridized carbons (Fsp3) is 0.529. The number of nitro groups is 1. The lowest BCUT2D eigenvalue weighted by Gasteiger charge is -2.38. The minimum absolute atomic E-state index is 0.0200. The van der Waals surface area contributed by atoms with Crippen LogP contribution in [0, 0.1) is 17.0 Å². The van der Waals surface area contributed by atoms with Gasteiger partial charge in [0.2, 0.25) is 5.89 Å². The van der Waals surface area contributed by atoms with E-state index in [2.05, 4.69) is 26.9 Å². The Kier molecular flexibility index (Phi) is 5.43. The zero-order valence-corrected chi connectivity index (χ0v) is 15.9. The fourth-order valence-corrected chi connectivity index (χ4v) is 3.67. The van der Waals surface area contributed by atoms with Crippen LogP contribution in [0.25, 0.3) is 0 Å². The maximum Gasteiger partial charge on any atom is 0.271 e. The van der Waals surface area contributed by atoms with Crippen LogP contribution in [-0.2, 0) is 6.42 Å². The average Bonchev–Trinajstić information content (AvgIpc) is 3.10. The molecule has 3 rings (SSSR count). The summed E-state index contributed by atoms with van der Waals surface area (Å²) in [5.41, 5.74) is 1.71. The zero-order valence-electron chi connectivity index (χ0n) is 15.1. The van der Waals surface area contributed by atoms with Crippen LogP contribution in [-0.4, -0.2) is 46.1 Å². The van der Waals surface area contributed by atoms with Crippen LogP contribution < -0.4 is 4.90 Å². The molecule has 0 aliphatic carbocycles. The first-order valence-electron chi connectivity index (χ1n) is 8.66. The van der Waals surface area contributed by atoms with Crippen LogP contribution in [0.1, 0.15) is 37.2 Å². The van der Waals surface area contributed by atoms with Gasteiger partial charge in [0.25, 0.3) is 5.69 Å². The Morgan fingerprint density at radius 1 is 1.35 bits per heavy atom. The molecule has 0 saturated carbocycles. The van der Waals surface area contributed by atoms with Gasteiger partial charge in [0, 0.05) is 44.7 Å². The first-order valence-corrected chi connectivity index (χ1v) is 9.04. The van der Waals surface area contributed by atoms with Crippen molar-refractivity contribution in [2.45, 2.75) is 33.2 Å². The molecule has 0 bridgehead atoms. The predicted octanol–water partition coefficient (Wildman–Crippen LogP) is 3.39. The summed E-state index contributed by atoms with van der Waals surface area (Å²) in [5, 5.41) is 15.4. The van der Waals surface area contributed by atoms with Crippen molar-refractivity contribution in [2.75, 3.05) is 31.1 Å². The number of halogens is 1. The number of nitro benzene ring substituents is 1. The first-order chi connectivity index (χ1) is 12.4. The molecule has 0 amide bonds. The molecule has 2 aromatic rings. The maximum absolute atomic E-state index is 11.0. The lowest BCUT2D eigenvalue weighted by Crippen LogP contribution is -2.47. The van der Waals surface area contributed by atoms with E-state index in [1.54, 1.807) is 6.07 Å². The second kappa shape index (κ2) is 7.59. The van der Waals surface area contributed by atoms with Gasteiger partial charge < -0.3 is 9.42 Å². The van der Waals surface area contributed by atoms with Crippen LogP contribution >= 0.6 is 11.6 Å². The quantitative estimate of drug-likeness (QED) is 0.581. The number of benzene rings is 1. The molecule has 140 valence electrons. The van der Waals surface area contributed by atoms with E-state index in [1.165, 1.54) is 6.07 Å². The van der Waals surface area contributed by atoms with Crippen molar-refractivity contribution >= 4 is 23.0 Å². The second-order valence-corrected chi connectivity index (χ2v) is 6.86. The number of aromatic nitrogens is 2. The number of rotatable bonds is 5. The Hall–Kier alpha value is -2.19. The third-order valence-electron chi connectivity index (χ3n) is 4.79. The highest BCUT2D eigenvalue weighted by Gasteiger charge is 2.27. The van der Waals surface area contributed by atoms with Gasteiger partial charge in [-0.05, 0) is 19.4 Å².